The van der Waals surface area contributed by atoms with E-state index in [1.165, 1.54) is 5.69 Å². The van der Waals surface area contributed by atoms with Crippen LogP contribution in [0.1, 0.15) is 23.8 Å². The molecule has 0 radical (unpaired) electrons. The van der Waals surface area contributed by atoms with Crippen molar-refractivity contribution in [1.82, 2.24) is 35.2 Å². The van der Waals surface area contributed by atoms with Crippen LogP contribution in [0.3, 0.4) is 0 Å². The summed E-state index contributed by atoms with van der Waals surface area (Å²) in [5, 5.41) is 19.3. The third-order valence-electron chi connectivity index (χ3n) is 5.08. The normalized spacial score (nSPS) is 11.2. The summed E-state index contributed by atoms with van der Waals surface area (Å²) < 4.78 is 3.81. The molecule has 3 rings (SSSR count). The van der Waals surface area contributed by atoms with E-state index in [-0.39, 0.29) is 24.0 Å². The van der Waals surface area contributed by atoms with E-state index in [1.54, 1.807) is 6.20 Å². The average molecular weight is 537 g/mol. The summed E-state index contributed by atoms with van der Waals surface area (Å²) in [6.45, 7) is 4.81. The topological polar surface area (TPSA) is 88.2 Å². The fourth-order valence-corrected chi connectivity index (χ4v) is 2.99. The number of aromatic nitrogens is 5. The minimum absolute atomic E-state index is 0. The zero-order chi connectivity index (χ0) is 21.3. The van der Waals surface area contributed by atoms with Crippen LogP contribution < -0.4 is 15.5 Å². The molecule has 0 aliphatic rings. The number of benzene rings is 1. The highest BCUT2D eigenvalue weighted by Gasteiger charge is 2.07. The summed E-state index contributed by atoms with van der Waals surface area (Å²) in [6.07, 6.45) is 2.77. The number of rotatable bonds is 9. The van der Waals surface area contributed by atoms with Gasteiger partial charge in [-0.25, -0.2) is 4.99 Å². The van der Waals surface area contributed by atoms with E-state index >= 15 is 0 Å². The zero-order valence-corrected chi connectivity index (χ0v) is 20.9. The van der Waals surface area contributed by atoms with Crippen LogP contribution in [0.5, 0.6) is 0 Å². The van der Waals surface area contributed by atoms with Gasteiger partial charge in [0.15, 0.2) is 11.8 Å². The Labute approximate surface area is 201 Å². The van der Waals surface area contributed by atoms with E-state index in [0.29, 0.717) is 13.1 Å². The highest BCUT2D eigenvalue weighted by atomic mass is 127. The number of aliphatic imine (C=N–C) groups is 1. The second kappa shape index (κ2) is 12.3. The molecule has 1 aromatic carbocycles. The first-order valence-corrected chi connectivity index (χ1v) is 10.1. The first-order chi connectivity index (χ1) is 14.5. The van der Waals surface area contributed by atoms with Crippen molar-refractivity contribution in [1.29, 1.82) is 0 Å². The summed E-state index contributed by atoms with van der Waals surface area (Å²) in [5.74, 6) is 2.50. The van der Waals surface area contributed by atoms with Crippen LogP contribution in [-0.4, -0.2) is 50.6 Å². The van der Waals surface area contributed by atoms with Crippen molar-refractivity contribution < 1.29 is 0 Å². The number of nitrogens with one attached hydrogen (secondary N) is 2. The monoisotopic (exact) mass is 537 g/mol. The molecule has 0 amide bonds. The molecule has 0 aliphatic heterocycles. The number of hydrogen-bond acceptors (Lipinski definition) is 5. The maximum absolute atomic E-state index is 4.72. The van der Waals surface area contributed by atoms with Crippen molar-refractivity contribution >= 4 is 35.6 Å². The molecule has 0 spiro atoms. The van der Waals surface area contributed by atoms with Gasteiger partial charge >= 0.3 is 0 Å². The van der Waals surface area contributed by atoms with Gasteiger partial charge in [-0.15, -0.1) is 34.2 Å². The van der Waals surface area contributed by atoms with E-state index in [1.807, 2.05) is 42.4 Å². The number of hydrogen-bond donors (Lipinski definition) is 2. The average Bonchev–Trinajstić information content (AvgIpc) is 3.32. The molecule has 0 fully saturated rings. The van der Waals surface area contributed by atoms with Gasteiger partial charge in [0.25, 0.3) is 0 Å². The number of anilines is 1. The Morgan fingerprint density at radius 1 is 1.10 bits per heavy atom. The van der Waals surface area contributed by atoms with Crippen molar-refractivity contribution in [3.05, 3.63) is 59.9 Å². The van der Waals surface area contributed by atoms with E-state index < -0.39 is 0 Å². The largest absolute Gasteiger partial charge is 0.375 e. The molecule has 168 valence electrons. The van der Waals surface area contributed by atoms with Crippen LogP contribution in [0.4, 0.5) is 5.69 Å². The maximum atomic E-state index is 4.72. The predicted octanol–water partition coefficient (Wildman–Crippen LogP) is 2.24. The Bertz CT molecular complexity index is 949. The van der Waals surface area contributed by atoms with Gasteiger partial charge in [0.05, 0.1) is 18.8 Å². The van der Waals surface area contributed by atoms with Gasteiger partial charge in [0, 0.05) is 46.1 Å². The Kier molecular flexibility index (Phi) is 9.76. The van der Waals surface area contributed by atoms with Crippen LogP contribution in [0.25, 0.3) is 0 Å². The molecular formula is C21H32IN9. The van der Waals surface area contributed by atoms with E-state index in [4.69, 9.17) is 4.99 Å². The number of nitrogens with zero attached hydrogens (tertiary/aromatic N) is 7. The standard InChI is InChI=1S/C21H31N9.HI/c1-17-26-27-20(29(17)3)16-24-21(23-15-19-11-13-25-30(19)4)22-12-8-14-28(2)18-9-6-5-7-10-18;/h5-7,9-11,13H,8,12,14-16H2,1-4H3,(H2,22,23,24);1H. The molecule has 2 N–H and O–H groups in total. The summed E-state index contributed by atoms with van der Waals surface area (Å²) in [5.41, 5.74) is 2.27. The molecular weight excluding hydrogens is 505 g/mol. The Morgan fingerprint density at radius 3 is 2.52 bits per heavy atom. The number of aryl methyl sites for hydroxylation is 2. The van der Waals surface area contributed by atoms with Gasteiger partial charge < -0.3 is 20.1 Å². The van der Waals surface area contributed by atoms with Gasteiger partial charge in [-0.3, -0.25) is 4.68 Å². The first kappa shape index (κ1) is 24.6. The van der Waals surface area contributed by atoms with E-state index in [9.17, 15) is 0 Å². The number of para-hydroxylation sites is 1. The van der Waals surface area contributed by atoms with Crippen molar-refractivity contribution in [3.8, 4) is 0 Å². The van der Waals surface area contributed by atoms with Crippen LogP contribution in [0.15, 0.2) is 47.6 Å². The first-order valence-electron chi connectivity index (χ1n) is 10.1. The van der Waals surface area contributed by atoms with Crippen molar-refractivity contribution in [3.63, 3.8) is 0 Å². The fraction of sp³-hybridized carbons (Fsp3) is 0.429. The lowest BCUT2D eigenvalue weighted by Crippen LogP contribution is -2.39. The smallest absolute Gasteiger partial charge is 0.192 e. The van der Waals surface area contributed by atoms with Crippen molar-refractivity contribution in [2.45, 2.75) is 26.4 Å². The van der Waals surface area contributed by atoms with Crippen LogP contribution >= 0.6 is 24.0 Å². The van der Waals surface area contributed by atoms with Gasteiger partial charge in [-0.1, -0.05) is 18.2 Å². The second-order valence-electron chi connectivity index (χ2n) is 7.22. The molecule has 0 saturated carbocycles. The lowest BCUT2D eigenvalue weighted by atomic mass is 10.3. The van der Waals surface area contributed by atoms with Crippen molar-refractivity contribution in [2.75, 3.05) is 25.0 Å². The third kappa shape index (κ3) is 7.23. The highest BCUT2D eigenvalue weighted by Crippen LogP contribution is 2.10. The fourth-order valence-electron chi connectivity index (χ4n) is 2.99. The van der Waals surface area contributed by atoms with Crippen LogP contribution in [0.2, 0.25) is 0 Å². The third-order valence-corrected chi connectivity index (χ3v) is 5.08. The van der Waals surface area contributed by atoms with Gasteiger partial charge in [0.1, 0.15) is 5.82 Å². The SMILES string of the molecule is Cc1nnc(CNC(=NCc2ccnn2C)NCCCN(C)c2ccccc2)n1C.I. The second-order valence-corrected chi connectivity index (χ2v) is 7.22. The van der Waals surface area contributed by atoms with Gasteiger partial charge in [-0.2, -0.15) is 5.10 Å². The molecule has 0 aliphatic carbocycles. The van der Waals surface area contributed by atoms with E-state index in [2.05, 4.69) is 62.1 Å². The lowest BCUT2D eigenvalue weighted by Gasteiger charge is -2.19. The summed E-state index contributed by atoms with van der Waals surface area (Å²) in [4.78, 5) is 6.97. The maximum Gasteiger partial charge on any atom is 0.192 e. The minimum Gasteiger partial charge on any atom is -0.375 e. The summed E-state index contributed by atoms with van der Waals surface area (Å²) in [6, 6.07) is 12.4. The highest BCUT2D eigenvalue weighted by molar-refractivity contribution is 14.0. The van der Waals surface area contributed by atoms with Crippen LogP contribution in [0, 0.1) is 6.92 Å². The Balaban J connectivity index is 0.00000341. The molecule has 0 saturated heterocycles. The van der Waals surface area contributed by atoms with E-state index in [0.717, 1.165) is 42.8 Å². The Hall–Kier alpha value is -2.63. The molecule has 0 bridgehead atoms. The lowest BCUT2D eigenvalue weighted by molar-refractivity contribution is 0.685. The molecule has 0 atom stereocenters. The van der Waals surface area contributed by atoms with Crippen LogP contribution in [-0.2, 0) is 27.2 Å². The number of halogens is 1. The van der Waals surface area contributed by atoms with Crippen molar-refractivity contribution in [2.24, 2.45) is 19.1 Å². The summed E-state index contributed by atoms with van der Waals surface area (Å²) >= 11 is 0. The molecule has 2 aromatic heterocycles. The molecule has 3 aromatic rings. The molecule has 31 heavy (non-hydrogen) atoms. The molecule has 10 heteroatoms. The van der Waals surface area contributed by atoms with Gasteiger partial charge in [0.2, 0.25) is 0 Å². The number of guanidine groups is 1. The summed E-state index contributed by atoms with van der Waals surface area (Å²) in [7, 11) is 6.00. The minimum atomic E-state index is 0. The zero-order valence-electron chi connectivity index (χ0n) is 18.6. The predicted molar refractivity (Wildman–Crippen MR) is 135 cm³/mol. The quantitative estimate of drug-likeness (QED) is 0.189. The molecule has 9 nitrogen and oxygen atoms in total. The molecule has 2 heterocycles. The Morgan fingerprint density at radius 2 is 1.87 bits per heavy atom. The van der Waals surface area contributed by atoms with Gasteiger partial charge in [-0.05, 0) is 31.5 Å². The molecule has 0 unspecified atom stereocenters.